The van der Waals surface area contributed by atoms with Gasteiger partial charge in [-0.3, -0.25) is 0 Å². The van der Waals surface area contributed by atoms with E-state index in [2.05, 4.69) is 196 Å². The summed E-state index contributed by atoms with van der Waals surface area (Å²) in [6.07, 6.45) is 0. The Morgan fingerprint density at radius 1 is 0.368 bits per heavy atom. The lowest BCUT2D eigenvalue weighted by Gasteiger charge is -2.30. The Kier molecular flexibility index (Phi) is 6.85. The molecule has 8 aromatic carbocycles. The summed E-state index contributed by atoms with van der Waals surface area (Å²) in [5.74, 6) is 0. The fourth-order valence-electron chi connectivity index (χ4n) is 10.1. The van der Waals surface area contributed by atoms with Gasteiger partial charge in [0.2, 0.25) is 0 Å². The van der Waals surface area contributed by atoms with E-state index in [1.165, 1.54) is 107 Å². The van der Waals surface area contributed by atoms with E-state index in [0.29, 0.717) is 0 Å². The van der Waals surface area contributed by atoms with Crippen LogP contribution in [-0.4, -0.2) is 0 Å². The lowest BCUT2D eigenvalue weighted by atomic mass is 9.82. The quantitative estimate of drug-likeness (QED) is 0.172. The van der Waals surface area contributed by atoms with Crippen LogP contribution in [-0.2, 0) is 10.8 Å². The second-order valence-corrected chi connectivity index (χ2v) is 19.0. The molecule has 2 aromatic heterocycles. The number of anilines is 3. The highest BCUT2D eigenvalue weighted by Crippen LogP contribution is 2.57. The Morgan fingerprint density at radius 2 is 0.807 bits per heavy atom. The molecule has 0 saturated carbocycles. The molecule has 0 N–H and O–H groups in total. The van der Waals surface area contributed by atoms with Crippen molar-refractivity contribution < 1.29 is 0 Å². The van der Waals surface area contributed by atoms with Crippen molar-refractivity contribution in [2.75, 3.05) is 4.90 Å². The van der Waals surface area contributed by atoms with Gasteiger partial charge in [0.05, 0.1) is 0 Å². The number of nitrogens with zero attached hydrogens (tertiary/aromatic N) is 1. The van der Waals surface area contributed by atoms with E-state index in [0.717, 1.165) is 5.69 Å². The van der Waals surface area contributed by atoms with Gasteiger partial charge in [0.15, 0.2) is 0 Å². The number of fused-ring (bicyclic) bond motifs is 14. The van der Waals surface area contributed by atoms with Crippen LogP contribution in [0.5, 0.6) is 0 Å². The first-order valence-corrected chi connectivity index (χ1v) is 21.6. The predicted molar refractivity (Wildman–Crippen MR) is 247 cm³/mol. The van der Waals surface area contributed by atoms with Crippen molar-refractivity contribution in [3.8, 4) is 33.4 Å². The highest BCUT2D eigenvalue weighted by molar-refractivity contribution is 7.26. The smallest absolute Gasteiger partial charge is 0.0465 e. The van der Waals surface area contributed by atoms with Gasteiger partial charge in [-0.05, 0) is 93.0 Å². The van der Waals surface area contributed by atoms with Gasteiger partial charge < -0.3 is 4.90 Å². The summed E-state index contributed by atoms with van der Waals surface area (Å²) in [5.41, 5.74) is 16.8. The number of hydrogen-bond acceptors (Lipinski definition) is 3. The van der Waals surface area contributed by atoms with Gasteiger partial charge in [-0.15, -0.1) is 22.7 Å². The maximum absolute atomic E-state index is 2.48. The first-order chi connectivity index (χ1) is 27.8. The zero-order valence-electron chi connectivity index (χ0n) is 32.4. The Hall–Kier alpha value is -6.00. The molecule has 0 aliphatic heterocycles. The summed E-state index contributed by atoms with van der Waals surface area (Å²) >= 11 is 3.87. The maximum Gasteiger partial charge on any atom is 0.0465 e. The Labute approximate surface area is 341 Å². The highest BCUT2D eigenvalue weighted by Gasteiger charge is 2.39. The number of hydrogen-bond donors (Lipinski definition) is 0. The van der Waals surface area contributed by atoms with Crippen LogP contribution in [0.25, 0.3) is 73.7 Å². The first kappa shape index (κ1) is 33.2. The molecule has 2 heterocycles. The van der Waals surface area contributed by atoms with Gasteiger partial charge >= 0.3 is 0 Å². The third kappa shape index (κ3) is 4.61. The Morgan fingerprint density at radius 3 is 1.32 bits per heavy atom. The second kappa shape index (κ2) is 11.8. The van der Waals surface area contributed by atoms with Gasteiger partial charge in [-0.2, -0.15) is 0 Å². The van der Waals surface area contributed by atoms with Crippen LogP contribution in [0.15, 0.2) is 164 Å². The van der Waals surface area contributed by atoms with Crippen molar-refractivity contribution in [3.05, 3.63) is 186 Å². The van der Waals surface area contributed by atoms with Crippen LogP contribution in [0.2, 0.25) is 0 Å². The van der Waals surface area contributed by atoms with E-state index >= 15 is 0 Å². The van der Waals surface area contributed by atoms with E-state index in [-0.39, 0.29) is 10.8 Å². The topological polar surface area (TPSA) is 3.24 Å². The minimum absolute atomic E-state index is 0.148. The van der Waals surface area contributed by atoms with Crippen molar-refractivity contribution >= 4 is 80.1 Å². The third-order valence-electron chi connectivity index (χ3n) is 13.1. The molecule has 2 aliphatic rings. The van der Waals surface area contributed by atoms with Crippen LogP contribution >= 0.6 is 22.7 Å². The monoisotopic (exact) mass is 765 g/mol. The van der Waals surface area contributed by atoms with Crippen molar-refractivity contribution in [2.45, 2.75) is 38.5 Å². The zero-order chi connectivity index (χ0) is 38.2. The lowest BCUT2D eigenvalue weighted by molar-refractivity contribution is 0.660. The summed E-state index contributed by atoms with van der Waals surface area (Å²) < 4.78 is 5.50. The molecule has 12 rings (SSSR count). The van der Waals surface area contributed by atoms with Crippen LogP contribution in [0, 0.1) is 0 Å². The predicted octanol–water partition coefficient (Wildman–Crippen LogP) is 16.2. The van der Waals surface area contributed by atoms with Gasteiger partial charge in [0.25, 0.3) is 0 Å². The van der Waals surface area contributed by atoms with Crippen molar-refractivity contribution in [1.82, 2.24) is 0 Å². The van der Waals surface area contributed by atoms with Gasteiger partial charge in [0, 0.05) is 79.4 Å². The molecule has 0 fully saturated rings. The summed E-state index contributed by atoms with van der Waals surface area (Å²) in [6, 6.07) is 61.5. The minimum atomic E-state index is -0.148. The molecule has 2 aliphatic carbocycles. The van der Waals surface area contributed by atoms with Crippen LogP contribution in [0.1, 0.15) is 49.9 Å². The number of benzene rings is 8. The standard InChI is InChI=1S/C54H39NS2/c1-53(2)43-28-26-39-37-14-8-10-16-47(37)56-51(39)49(43)41-24-22-35(30-45(41)53)55(34-20-18-33(19-21-34)32-12-6-5-7-13-32)36-23-25-42-46(31-36)54(3,4)44-29-27-40-38-15-9-11-17-48(38)57-52(40)50(42)44/h5-31H,1-4H3. The Bertz CT molecular complexity index is 3110. The molecule has 0 bridgehead atoms. The lowest BCUT2D eigenvalue weighted by Crippen LogP contribution is -2.18. The molecule has 0 atom stereocenters. The fourth-order valence-corrected chi connectivity index (χ4v) is 12.7. The second-order valence-electron chi connectivity index (χ2n) is 16.9. The molecule has 0 amide bonds. The summed E-state index contributed by atoms with van der Waals surface area (Å²) in [4.78, 5) is 2.48. The highest BCUT2D eigenvalue weighted by atomic mass is 32.1. The molecule has 10 aromatic rings. The van der Waals surface area contributed by atoms with Crippen LogP contribution < -0.4 is 4.90 Å². The molecule has 1 nitrogen and oxygen atoms in total. The first-order valence-electron chi connectivity index (χ1n) is 19.9. The molecule has 0 radical (unpaired) electrons. The van der Waals surface area contributed by atoms with E-state index in [1.807, 2.05) is 22.7 Å². The van der Waals surface area contributed by atoms with Crippen molar-refractivity contribution in [3.63, 3.8) is 0 Å². The zero-order valence-corrected chi connectivity index (χ0v) is 34.0. The van der Waals surface area contributed by atoms with E-state index in [4.69, 9.17) is 0 Å². The summed E-state index contributed by atoms with van der Waals surface area (Å²) in [7, 11) is 0. The summed E-state index contributed by atoms with van der Waals surface area (Å²) in [5, 5.41) is 5.42. The number of thiophene rings is 2. The van der Waals surface area contributed by atoms with Gasteiger partial charge in [-0.25, -0.2) is 0 Å². The van der Waals surface area contributed by atoms with E-state index in [1.54, 1.807) is 0 Å². The number of rotatable bonds is 4. The third-order valence-corrected chi connectivity index (χ3v) is 15.5. The van der Waals surface area contributed by atoms with Crippen LogP contribution in [0.4, 0.5) is 17.1 Å². The SMILES string of the molecule is CC1(C)c2cc(N(c3ccc(-c4ccccc4)cc3)c3ccc4c(c3)C(C)(C)c3ccc5c(sc6ccccc65)c3-4)ccc2-c2c1ccc1c2sc2ccccc21. The van der Waals surface area contributed by atoms with Gasteiger partial charge in [0.1, 0.15) is 0 Å². The molecular formula is C54H39NS2. The van der Waals surface area contributed by atoms with E-state index in [9.17, 15) is 0 Å². The average molecular weight is 766 g/mol. The maximum atomic E-state index is 2.48. The van der Waals surface area contributed by atoms with Crippen LogP contribution in [0.3, 0.4) is 0 Å². The largest absolute Gasteiger partial charge is 0.310 e. The molecule has 0 saturated heterocycles. The minimum Gasteiger partial charge on any atom is -0.310 e. The van der Waals surface area contributed by atoms with Crippen molar-refractivity contribution in [2.24, 2.45) is 0 Å². The fraction of sp³-hybridized carbons (Fsp3) is 0.111. The molecule has 3 heteroatoms. The Balaban J connectivity index is 1.05. The van der Waals surface area contributed by atoms with Crippen molar-refractivity contribution in [1.29, 1.82) is 0 Å². The normalized spacial score (nSPS) is 14.6. The molecule has 272 valence electrons. The molecular weight excluding hydrogens is 727 g/mol. The molecule has 0 unspecified atom stereocenters. The molecule has 0 spiro atoms. The average Bonchev–Trinajstić information content (AvgIpc) is 3.94. The molecule has 57 heavy (non-hydrogen) atoms. The van der Waals surface area contributed by atoms with E-state index < -0.39 is 0 Å². The summed E-state index contributed by atoms with van der Waals surface area (Å²) in [6.45, 7) is 9.62. The van der Waals surface area contributed by atoms with Gasteiger partial charge in [-0.1, -0.05) is 143 Å².